The number of piperazine rings is 1. The number of hydrogen-bond donors (Lipinski definition) is 4. The lowest BCUT2D eigenvalue weighted by molar-refractivity contribution is -0.143. The molecule has 2 saturated carbocycles. The Morgan fingerprint density at radius 3 is 1.93 bits per heavy atom. The molecule has 2 aliphatic heterocycles. The highest BCUT2D eigenvalue weighted by molar-refractivity contribution is 6.07. The lowest BCUT2D eigenvalue weighted by atomic mass is 9.78. The molecule has 2 aliphatic carbocycles. The van der Waals surface area contributed by atoms with Crippen molar-refractivity contribution in [3.63, 3.8) is 0 Å². The zero-order valence-electron chi connectivity index (χ0n) is 24.2. The van der Waals surface area contributed by atoms with E-state index in [1.165, 1.54) is 12.1 Å². The number of ketones is 1. The second-order valence-electron chi connectivity index (χ2n) is 11.5. The van der Waals surface area contributed by atoms with Crippen molar-refractivity contribution in [3.8, 4) is 5.75 Å². The normalized spacial score (nSPS) is 26.0. The minimum absolute atomic E-state index is 0.0373. The molecular formula is C30H38FN3O10. The predicted octanol–water partition coefficient (Wildman–Crippen LogP) is 0.667. The summed E-state index contributed by atoms with van der Waals surface area (Å²) >= 11 is 0. The van der Waals surface area contributed by atoms with Crippen molar-refractivity contribution in [2.75, 3.05) is 44.2 Å². The van der Waals surface area contributed by atoms with Crippen LogP contribution in [-0.2, 0) is 24.0 Å². The van der Waals surface area contributed by atoms with Gasteiger partial charge in [-0.1, -0.05) is 0 Å². The molecule has 0 spiro atoms. The van der Waals surface area contributed by atoms with Gasteiger partial charge in [0.15, 0.2) is 5.78 Å². The Morgan fingerprint density at radius 1 is 0.864 bits per heavy atom. The largest absolute Gasteiger partial charge is 0.488 e. The number of aliphatic carboxylic acids is 2. The van der Waals surface area contributed by atoms with E-state index in [0.717, 1.165) is 36.3 Å². The second-order valence-corrected chi connectivity index (χ2v) is 11.5. The van der Waals surface area contributed by atoms with Gasteiger partial charge in [0, 0.05) is 44.4 Å². The maximum absolute atomic E-state index is 14.0. The van der Waals surface area contributed by atoms with E-state index in [4.69, 9.17) is 14.9 Å². The Bertz CT molecular complexity index is 1230. The molecule has 0 bridgehead atoms. The van der Waals surface area contributed by atoms with Gasteiger partial charge in [0.2, 0.25) is 11.8 Å². The average molecular weight is 620 g/mol. The number of carbonyl (C=O) groups excluding carboxylic acids is 3. The number of aliphatic hydroxyl groups is 2. The number of carbonyl (C=O) groups is 5. The molecule has 13 nitrogen and oxygen atoms in total. The second kappa shape index (κ2) is 14.7. The number of ether oxygens (including phenoxy) is 1. The molecule has 4 N–H and O–H groups in total. The number of nitrogens with zero attached hydrogens (tertiary/aromatic N) is 3. The number of carboxylic acids is 2. The van der Waals surface area contributed by atoms with E-state index in [2.05, 4.69) is 4.90 Å². The number of hydrogen-bond acceptors (Lipinski definition) is 10. The molecule has 1 aromatic rings. The van der Waals surface area contributed by atoms with Gasteiger partial charge < -0.3 is 30.1 Å². The van der Waals surface area contributed by atoms with E-state index in [1.807, 2.05) is 4.90 Å². The number of amides is 2. The van der Waals surface area contributed by atoms with Crippen molar-refractivity contribution in [2.24, 2.45) is 11.8 Å². The molecule has 5 rings (SSSR count). The minimum Gasteiger partial charge on any atom is -0.488 e. The van der Waals surface area contributed by atoms with E-state index in [-0.39, 0.29) is 43.6 Å². The van der Waals surface area contributed by atoms with Crippen LogP contribution in [0.5, 0.6) is 5.75 Å². The van der Waals surface area contributed by atoms with Crippen molar-refractivity contribution < 1.29 is 53.5 Å². The van der Waals surface area contributed by atoms with Crippen molar-refractivity contribution >= 4 is 35.2 Å². The fourth-order valence-electron chi connectivity index (χ4n) is 6.16. The number of imide groups is 1. The SMILES string of the molecule is O=C(CN1CCN(c2cc(F)ccc2OC2CCCC2)CC1)CN1C(=O)C2CC(O)C(O)CC2C1=O.O=C(O)/C=C\C(=O)O. The summed E-state index contributed by atoms with van der Waals surface area (Å²) in [4.78, 5) is 62.3. The first-order valence-electron chi connectivity index (χ1n) is 14.7. The smallest absolute Gasteiger partial charge is 0.328 e. The first kappa shape index (κ1) is 33.0. The summed E-state index contributed by atoms with van der Waals surface area (Å²) in [5, 5.41) is 35.4. The summed E-state index contributed by atoms with van der Waals surface area (Å²) in [6.07, 6.45) is 3.61. The summed E-state index contributed by atoms with van der Waals surface area (Å²) in [5.74, 6) is -4.58. The van der Waals surface area contributed by atoms with Gasteiger partial charge in [-0.3, -0.25) is 24.2 Å². The van der Waals surface area contributed by atoms with Crippen LogP contribution in [-0.4, -0.2) is 117 Å². The molecule has 2 heterocycles. The summed E-state index contributed by atoms with van der Waals surface area (Å²) in [6, 6.07) is 4.61. The van der Waals surface area contributed by atoms with Crippen LogP contribution in [0, 0.1) is 17.7 Å². The van der Waals surface area contributed by atoms with Gasteiger partial charge in [0.05, 0.1) is 48.9 Å². The molecule has 0 aromatic heterocycles. The zero-order valence-corrected chi connectivity index (χ0v) is 24.2. The lowest BCUT2D eigenvalue weighted by Crippen LogP contribution is -2.49. The first-order valence-corrected chi connectivity index (χ1v) is 14.7. The highest BCUT2D eigenvalue weighted by Crippen LogP contribution is 2.38. The zero-order chi connectivity index (χ0) is 32.0. The van der Waals surface area contributed by atoms with Crippen molar-refractivity contribution in [3.05, 3.63) is 36.2 Å². The van der Waals surface area contributed by atoms with Gasteiger partial charge in [0.1, 0.15) is 11.6 Å². The van der Waals surface area contributed by atoms with Gasteiger partial charge in [-0.05, 0) is 50.7 Å². The third kappa shape index (κ3) is 8.39. The van der Waals surface area contributed by atoms with Crippen LogP contribution in [0.15, 0.2) is 30.4 Å². The van der Waals surface area contributed by atoms with Crippen LogP contribution in [0.25, 0.3) is 0 Å². The molecule has 2 saturated heterocycles. The highest BCUT2D eigenvalue weighted by Gasteiger charge is 2.52. The predicted molar refractivity (Wildman–Crippen MR) is 152 cm³/mol. The van der Waals surface area contributed by atoms with Gasteiger partial charge >= 0.3 is 11.9 Å². The van der Waals surface area contributed by atoms with Crippen LogP contribution in [0.3, 0.4) is 0 Å². The molecule has 4 fully saturated rings. The van der Waals surface area contributed by atoms with Crippen molar-refractivity contribution in [1.82, 2.24) is 9.80 Å². The fourth-order valence-corrected chi connectivity index (χ4v) is 6.16. The van der Waals surface area contributed by atoms with Gasteiger partial charge in [-0.15, -0.1) is 0 Å². The molecule has 44 heavy (non-hydrogen) atoms. The van der Waals surface area contributed by atoms with E-state index in [9.17, 15) is 38.6 Å². The maximum atomic E-state index is 14.0. The first-order chi connectivity index (χ1) is 20.9. The van der Waals surface area contributed by atoms with Crippen LogP contribution >= 0.6 is 0 Å². The van der Waals surface area contributed by atoms with E-state index in [1.54, 1.807) is 6.07 Å². The van der Waals surface area contributed by atoms with Crippen LogP contribution in [0.2, 0.25) is 0 Å². The Morgan fingerprint density at radius 2 is 1.41 bits per heavy atom. The molecular weight excluding hydrogens is 581 g/mol. The van der Waals surface area contributed by atoms with Gasteiger partial charge in [-0.2, -0.15) is 0 Å². The number of fused-ring (bicyclic) bond motifs is 1. The number of rotatable bonds is 9. The van der Waals surface area contributed by atoms with Crippen LogP contribution < -0.4 is 9.64 Å². The number of carboxylic acid groups (broad SMARTS) is 2. The maximum Gasteiger partial charge on any atom is 0.328 e. The van der Waals surface area contributed by atoms with Crippen LogP contribution in [0.1, 0.15) is 38.5 Å². The monoisotopic (exact) mass is 619 g/mol. The number of benzene rings is 1. The van der Waals surface area contributed by atoms with Crippen LogP contribution in [0.4, 0.5) is 10.1 Å². The summed E-state index contributed by atoms with van der Waals surface area (Å²) < 4.78 is 20.2. The standard InChI is InChI=1S/C26H34FN3O6.C4H4O4/c27-16-5-6-24(36-18-3-1-2-4-18)21(11-16)29-9-7-28(8-10-29)14-17(31)15-30-25(34)19-12-22(32)23(33)13-20(19)26(30)35;5-3(6)1-2-4(7)8/h5-6,11,18-20,22-23,32-33H,1-4,7-10,12-15H2;1-2H,(H,5,6)(H,7,8)/b;2-1-. The number of aliphatic hydroxyl groups excluding tert-OH is 2. The number of likely N-dealkylation sites (tertiary alicyclic amines) is 1. The molecule has 4 unspecified atom stereocenters. The van der Waals surface area contributed by atoms with Gasteiger partial charge in [0.25, 0.3) is 0 Å². The number of halogens is 1. The molecule has 240 valence electrons. The molecule has 14 heteroatoms. The molecule has 4 atom stereocenters. The molecule has 0 radical (unpaired) electrons. The Hall–Kier alpha value is -3.88. The lowest BCUT2D eigenvalue weighted by Gasteiger charge is -2.36. The molecule has 2 amide bonds. The van der Waals surface area contributed by atoms with E-state index >= 15 is 0 Å². The Labute approximate surface area is 253 Å². The number of anilines is 1. The minimum atomic E-state index is -1.26. The highest BCUT2D eigenvalue weighted by atomic mass is 19.1. The number of Topliss-reactive ketones (excluding diaryl/α,β-unsaturated/α-hetero) is 1. The summed E-state index contributed by atoms with van der Waals surface area (Å²) in [5.41, 5.74) is 0.730. The molecule has 4 aliphatic rings. The van der Waals surface area contributed by atoms with Gasteiger partial charge in [-0.25, -0.2) is 14.0 Å². The summed E-state index contributed by atoms with van der Waals surface area (Å²) in [6.45, 7) is 2.17. The van der Waals surface area contributed by atoms with E-state index in [0.29, 0.717) is 44.1 Å². The van der Waals surface area contributed by atoms with E-state index < -0.39 is 47.8 Å². The Kier molecular flexibility index (Phi) is 11.1. The summed E-state index contributed by atoms with van der Waals surface area (Å²) in [7, 11) is 0. The average Bonchev–Trinajstić information content (AvgIpc) is 3.57. The van der Waals surface area contributed by atoms with Crippen molar-refractivity contribution in [1.29, 1.82) is 0 Å². The fraction of sp³-hybridized carbons (Fsp3) is 0.567. The van der Waals surface area contributed by atoms with Crippen molar-refractivity contribution in [2.45, 2.75) is 56.8 Å². The third-order valence-electron chi connectivity index (χ3n) is 8.42. The Balaban J connectivity index is 0.000000488. The third-order valence-corrected chi connectivity index (χ3v) is 8.42. The quantitative estimate of drug-likeness (QED) is 0.224. The topological polar surface area (TPSA) is 185 Å². The molecule has 1 aromatic carbocycles.